The maximum atomic E-state index is 12.4. The highest BCUT2D eigenvalue weighted by atomic mass is 35.5. The van der Waals surface area contributed by atoms with Crippen molar-refractivity contribution in [2.75, 3.05) is 17.6 Å². The van der Waals surface area contributed by atoms with Crippen molar-refractivity contribution in [2.45, 2.75) is 10.1 Å². The molecule has 0 saturated carbocycles. The highest BCUT2D eigenvalue weighted by Gasteiger charge is 2.21. The number of hydrogen-bond donors (Lipinski definition) is 2. The molecule has 3 rings (SSSR count). The number of hydrogen-bond acceptors (Lipinski definition) is 7. The average molecular weight is 538 g/mol. The zero-order valence-electron chi connectivity index (χ0n) is 15.6. The number of carbonyl (C=O) groups is 1. The van der Waals surface area contributed by atoms with E-state index in [-0.39, 0.29) is 26.6 Å². The molecule has 0 spiro atoms. The summed E-state index contributed by atoms with van der Waals surface area (Å²) in [5, 5.41) is 11.2. The minimum atomic E-state index is -3.84. The number of thioether (sulfide) groups is 1. The van der Waals surface area contributed by atoms with Crippen LogP contribution >= 0.6 is 57.9 Å². The van der Waals surface area contributed by atoms with Crippen molar-refractivity contribution in [1.82, 2.24) is 14.9 Å². The first-order valence-electron chi connectivity index (χ1n) is 8.67. The van der Waals surface area contributed by atoms with Crippen molar-refractivity contribution in [3.8, 4) is 0 Å². The van der Waals surface area contributed by atoms with Gasteiger partial charge in [0.25, 0.3) is 15.9 Å². The Morgan fingerprint density at radius 3 is 2.55 bits per heavy atom. The van der Waals surface area contributed by atoms with Gasteiger partial charge in [-0.15, -0.1) is 10.2 Å². The molecule has 0 radical (unpaired) electrons. The summed E-state index contributed by atoms with van der Waals surface area (Å²) in [6.07, 6.45) is 0. The normalized spacial score (nSPS) is 11.5. The fourth-order valence-electron chi connectivity index (χ4n) is 2.31. The number of carbonyl (C=O) groups excluding carboxylic acids is 1. The molecule has 0 aliphatic heterocycles. The van der Waals surface area contributed by atoms with Crippen molar-refractivity contribution in [3.05, 3.63) is 68.7 Å². The molecule has 0 unspecified atom stereocenters. The molecule has 7 nitrogen and oxygen atoms in total. The molecule has 1 amide bonds. The Morgan fingerprint density at radius 2 is 1.81 bits per heavy atom. The topological polar surface area (TPSA) is 101 Å². The summed E-state index contributed by atoms with van der Waals surface area (Å²) in [7, 11) is -3.84. The van der Waals surface area contributed by atoms with Gasteiger partial charge in [-0.3, -0.25) is 10.1 Å². The number of rotatable bonds is 9. The zero-order valence-corrected chi connectivity index (χ0v) is 20.4. The number of anilines is 1. The smallest absolute Gasteiger partial charge is 0.269 e. The van der Waals surface area contributed by atoms with Crippen LogP contribution in [0.15, 0.2) is 46.8 Å². The van der Waals surface area contributed by atoms with E-state index in [1.165, 1.54) is 11.8 Å². The lowest BCUT2D eigenvalue weighted by Gasteiger charge is -2.05. The quantitative estimate of drug-likeness (QED) is 0.295. The number of benzene rings is 2. The summed E-state index contributed by atoms with van der Waals surface area (Å²) in [6, 6.07) is 11.9. The summed E-state index contributed by atoms with van der Waals surface area (Å²) in [5.74, 6) is 0.696. The van der Waals surface area contributed by atoms with E-state index in [4.69, 9.17) is 34.8 Å². The van der Waals surface area contributed by atoms with E-state index in [9.17, 15) is 13.2 Å². The molecule has 0 bridgehead atoms. The lowest BCUT2D eigenvalue weighted by molar-refractivity contribution is 0.102. The van der Waals surface area contributed by atoms with Gasteiger partial charge < -0.3 is 0 Å². The van der Waals surface area contributed by atoms with Crippen LogP contribution in [0.1, 0.15) is 15.9 Å². The third kappa shape index (κ3) is 6.79. The second kappa shape index (κ2) is 11.0. The number of nitrogens with zero attached hydrogens (tertiary/aromatic N) is 2. The van der Waals surface area contributed by atoms with E-state index in [1.54, 1.807) is 36.4 Å². The van der Waals surface area contributed by atoms with Gasteiger partial charge in [0.05, 0.1) is 20.6 Å². The number of aromatic nitrogens is 2. The van der Waals surface area contributed by atoms with E-state index in [2.05, 4.69) is 20.2 Å². The van der Waals surface area contributed by atoms with Gasteiger partial charge in [-0.25, -0.2) is 13.1 Å². The fourth-order valence-corrected chi connectivity index (χ4v) is 5.75. The molecule has 31 heavy (non-hydrogen) atoms. The molecule has 0 fully saturated rings. The number of halogens is 3. The fraction of sp³-hybridized carbons (Fsp3) is 0.167. The third-order valence-corrected chi connectivity index (χ3v) is 8.53. The molecule has 2 aromatic carbocycles. The van der Waals surface area contributed by atoms with Gasteiger partial charge in [0.2, 0.25) is 9.47 Å². The second-order valence-corrected chi connectivity index (χ2v) is 11.3. The van der Waals surface area contributed by atoms with Gasteiger partial charge in [-0.05, 0) is 29.8 Å². The molecule has 2 N–H and O–H groups in total. The largest absolute Gasteiger partial charge is 0.296 e. The molecule has 0 aliphatic rings. The van der Waals surface area contributed by atoms with E-state index < -0.39 is 15.9 Å². The molecule has 1 heterocycles. The summed E-state index contributed by atoms with van der Waals surface area (Å²) in [4.78, 5) is 12.3. The molecular weight excluding hydrogens is 523 g/mol. The Hall–Kier alpha value is -1.40. The molecule has 0 aliphatic carbocycles. The number of sulfonamides is 1. The van der Waals surface area contributed by atoms with Crippen LogP contribution in [0, 0.1) is 0 Å². The Morgan fingerprint density at radius 1 is 1.03 bits per heavy atom. The highest BCUT2D eigenvalue weighted by Crippen LogP contribution is 2.25. The highest BCUT2D eigenvalue weighted by molar-refractivity contribution is 7.98. The number of nitrogens with one attached hydrogen (secondary N) is 2. The summed E-state index contributed by atoms with van der Waals surface area (Å²) < 4.78 is 27.0. The van der Waals surface area contributed by atoms with Crippen LogP contribution in [0.3, 0.4) is 0 Å². The Balaban J connectivity index is 1.49. The molecule has 13 heteroatoms. The van der Waals surface area contributed by atoms with Crippen LogP contribution < -0.4 is 10.0 Å². The summed E-state index contributed by atoms with van der Waals surface area (Å²) >= 11 is 20.1. The predicted octanol–water partition coefficient (Wildman–Crippen LogP) is 4.96. The van der Waals surface area contributed by atoms with Gasteiger partial charge in [-0.2, -0.15) is 11.8 Å². The van der Waals surface area contributed by atoms with Gasteiger partial charge in [0.1, 0.15) is 0 Å². The standard InChI is InChI=1S/C18H15Cl3N4O3S3/c19-13-4-2-1-3-12(13)16(26)23-17-24-25-18(30-17)31(27,28)22-7-8-29-10-11-5-6-14(20)15(21)9-11/h1-6,9,22H,7-8,10H2,(H,23,24,26). The maximum absolute atomic E-state index is 12.4. The molecule has 164 valence electrons. The molecule has 0 saturated heterocycles. The predicted molar refractivity (Wildman–Crippen MR) is 127 cm³/mol. The second-order valence-electron chi connectivity index (χ2n) is 6.01. The minimum Gasteiger partial charge on any atom is -0.296 e. The van der Waals surface area contributed by atoms with E-state index >= 15 is 0 Å². The van der Waals surface area contributed by atoms with Gasteiger partial charge in [-0.1, -0.05) is 64.3 Å². The SMILES string of the molecule is O=C(Nc1nnc(S(=O)(=O)NCCSCc2ccc(Cl)c(Cl)c2)s1)c1ccccc1Cl. The van der Waals surface area contributed by atoms with Crippen LogP contribution in [0.2, 0.25) is 15.1 Å². The number of amides is 1. The molecule has 0 atom stereocenters. The molecule has 1 aromatic heterocycles. The summed E-state index contributed by atoms with van der Waals surface area (Å²) in [6.45, 7) is 0.204. The van der Waals surface area contributed by atoms with Crippen LogP contribution in [0.4, 0.5) is 5.13 Å². The molecular formula is C18H15Cl3N4O3S3. The third-order valence-electron chi connectivity index (χ3n) is 3.77. The Bertz CT molecular complexity index is 1190. The Kier molecular flexibility index (Phi) is 8.57. The van der Waals surface area contributed by atoms with Gasteiger partial charge >= 0.3 is 0 Å². The zero-order chi connectivity index (χ0) is 22.4. The van der Waals surface area contributed by atoms with Crippen molar-refractivity contribution >= 4 is 79.0 Å². The van der Waals surface area contributed by atoms with E-state index in [0.29, 0.717) is 21.6 Å². The summed E-state index contributed by atoms with van der Waals surface area (Å²) in [5.41, 5.74) is 1.24. The first-order valence-corrected chi connectivity index (χ1v) is 13.3. The Labute approximate surface area is 202 Å². The first-order chi connectivity index (χ1) is 14.8. The lowest BCUT2D eigenvalue weighted by Crippen LogP contribution is -2.26. The first kappa shape index (κ1) is 24.2. The lowest BCUT2D eigenvalue weighted by atomic mass is 10.2. The maximum Gasteiger partial charge on any atom is 0.269 e. The minimum absolute atomic E-state index is 0.0549. The molecule has 3 aromatic rings. The van der Waals surface area contributed by atoms with Crippen molar-refractivity contribution in [3.63, 3.8) is 0 Å². The van der Waals surface area contributed by atoms with Crippen molar-refractivity contribution in [2.24, 2.45) is 0 Å². The van der Waals surface area contributed by atoms with E-state index in [0.717, 1.165) is 16.9 Å². The van der Waals surface area contributed by atoms with Crippen LogP contribution in [-0.4, -0.2) is 36.8 Å². The average Bonchev–Trinajstić information content (AvgIpc) is 3.20. The van der Waals surface area contributed by atoms with Crippen LogP contribution in [0.25, 0.3) is 0 Å². The van der Waals surface area contributed by atoms with Gasteiger partial charge in [0.15, 0.2) is 0 Å². The van der Waals surface area contributed by atoms with Gasteiger partial charge in [0, 0.05) is 18.1 Å². The van der Waals surface area contributed by atoms with Crippen molar-refractivity contribution in [1.29, 1.82) is 0 Å². The monoisotopic (exact) mass is 536 g/mol. The van der Waals surface area contributed by atoms with E-state index in [1.807, 2.05) is 6.07 Å². The van der Waals surface area contributed by atoms with Crippen molar-refractivity contribution < 1.29 is 13.2 Å². The van der Waals surface area contributed by atoms with Crippen LogP contribution in [0.5, 0.6) is 0 Å². The van der Waals surface area contributed by atoms with Crippen LogP contribution in [-0.2, 0) is 15.8 Å².